The molecule has 0 radical (unpaired) electrons. The molecule has 3 aromatic rings. The van der Waals surface area contributed by atoms with Gasteiger partial charge in [-0.25, -0.2) is 5.43 Å². The first-order valence-corrected chi connectivity index (χ1v) is 8.18. The molecule has 0 aliphatic heterocycles. The predicted molar refractivity (Wildman–Crippen MR) is 100 cm³/mol. The lowest BCUT2D eigenvalue weighted by Gasteiger charge is -2.03. The lowest BCUT2D eigenvalue weighted by molar-refractivity contribution is -0.385. The van der Waals surface area contributed by atoms with E-state index >= 15 is 0 Å². The first-order valence-electron chi connectivity index (χ1n) is 8.18. The molecule has 1 amide bonds. The van der Waals surface area contributed by atoms with Gasteiger partial charge in [-0.3, -0.25) is 29.7 Å². The van der Waals surface area contributed by atoms with Crippen LogP contribution in [0, 0.1) is 27.2 Å². The van der Waals surface area contributed by atoms with E-state index in [9.17, 15) is 25.0 Å². The van der Waals surface area contributed by atoms with E-state index in [1.165, 1.54) is 12.3 Å². The van der Waals surface area contributed by atoms with Crippen molar-refractivity contribution < 1.29 is 19.1 Å². The van der Waals surface area contributed by atoms with Crippen LogP contribution in [0.2, 0.25) is 0 Å². The molecule has 0 atom stereocenters. The second-order valence-corrected chi connectivity index (χ2v) is 5.86. The molecular weight excluding hydrogens is 384 g/mol. The molecule has 0 bridgehead atoms. The quantitative estimate of drug-likeness (QED) is 0.363. The van der Waals surface area contributed by atoms with Gasteiger partial charge >= 0.3 is 5.69 Å². The van der Waals surface area contributed by atoms with E-state index in [1.54, 1.807) is 31.2 Å². The predicted octanol–water partition coefficient (Wildman–Crippen LogP) is 2.42. The number of carbonyl (C=O) groups is 1. The van der Waals surface area contributed by atoms with Gasteiger partial charge in [0.1, 0.15) is 30.5 Å². The van der Waals surface area contributed by atoms with E-state index in [2.05, 4.69) is 15.6 Å². The second-order valence-electron chi connectivity index (χ2n) is 5.86. The Balaban J connectivity index is 1.63. The van der Waals surface area contributed by atoms with Crippen LogP contribution in [0.25, 0.3) is 11.3 Å². The number of furan rings is 1. The van der Waals surface area contributed by atoms with Crippen LogP contribution in [0.15, 0.2) is 52.2 Å². The Kier molecular flexibility index (Phi) is 5.44. The third-order valence-electron chi connectivity index (χ3n) is 3.91. The Labute approximate surface area is 162 Å². The van der Waals surface area contributed by atoms with Crippen molar-refractivity contribution in [2.45, 2.75) is 13.5 Å². The van der Waals surface area contributed by atoms with E-state index in [0.29, 0.717) is 22.6 Å². The maximum absolute atomic E-state index is 11.8. The number of amides is 1. The van der Waals surface area contributed by atoms with Crippen molar-refractivity contribution in [1.29, 1.82) is 0 Å². The van der Waals surface area contributed by atoms with Crippen molar-refractivity contribution in [3.05, 3.63) is 74.3 Å². The summed E-state index contributed by atoms with van der Waals surface area (Å²) in [6.45, 7) is 1.38. The summed E-state index contributed by atoms with van der Waals surface area (Å²) in [5, 5.41) is 29.1. The molecule has 29 heavy (non-hydrogen) atoms. The smallest absolute Gasteiger partial charge is 0.307 e. The van der Waals surface area contributed by atoms with Crippen molar-refractivity contribution in [1.82, 2.24) is 15.2 Å². The Morgan fingerprint density at radius 2 is 2.07 bits per heavy atom. The highest BCUT2D eigenvalue weighted by molar-refractivity contribution is 5.81. The number of nitrogens with one attached hydrogen (secondary N) is 1. The van der Waals surface area contributed by atoms with Crippen molar-refractivity contribution in [2.75, 3.05) is 0 Å². The summed E-state index contributed by atoms with van der Waals surface area (Å²) in [6.07, 6.45) is 3.43. The summed E-state index contributed by atoms with van der Waals surface area (Å²) in [5.41, 5.74) is 3.06. The number of hydrogen-bond donors (Lipinski definition) is 1. The summed E-state index contributed by atoms with van der Waals surface area (Å²) in [6, 6.07) is 7.91. The number of hydrazone groups is 1. The van der Waals surface area contributed by atoms with Crippen LogP contribution in [-0.2, 0) is 11.3 Å². The minimum absolute atomic E-state index is 0.0137. The average molecular weight is 398 g/mol. The zero-order chi connectivity index (χ0) is 21.0. The number of nitrogens with zero attached hydrogens (tertiary/aromatic N) is 5. The van der Waals surface area contributed by atoms with Gasteiger partial charge in [0.2, 0.25) is 0 Å². The zero-order valence-electron chi connectivity index (χ0n) is 15.0. The van der Waals surface area contributed by atoms with Crippen molar-refractivity contribution in [2.24, 2.45) is 5.10 Å². The normalized spacial score (nSPS) is 10.9. The largest absolute Gasteiger partial charge is 0.455 e. The molecule has 148 valence electrons. The van der Waals surface area contributed by atoms with Crippen LogP contribution in [0.5, 0.6) is 0 Å². The van der Waals surface area contributed by atoms with E-state index < -0.39 is 15.8 Å². The third kappa shape index (κ3) is 4.50. The Morgan fingerprint density at radius 1 is 1.28 bits per heavy atom. The monoisotopic (exact) mass is 398 g/mol. The Hall–Kier alpha value is -4.35. The maximum Gasteiger partial charge on any atom is 0.307 e. The lowest BCUT2D eigenvalue weighted by Crippen LogP contribution is -2.23. The highest BCUT2D eigenvalue weighted by atomic mass is 16.6. The summed E-state index contributed by atoms with van der Waals surface area (Å²) >= 11 is 0. The molecule has 0 aliphatic carbocycles. The van der Waals surface area contributed by atoms with Crippen LogP contribution in [-0.4, -0.2) is 31.7 Å². The minimum Gasteiger partial charge on any atom is -0.455 e. The highest BCUT2D eigenvalue weighted by Crippen LogP contribution is 2.30. The third-order valence-corrected chi connectivity index (χ3v) is 3.91. The van der Waals surface area contributed by atoms with Crippen LogP contribution in [0.4, 0.5) is 11.4 Å². The molecule has 3 rings (SSSR count). The molecule has 0 saturated heterocycles. The van der Waals surface area contributed by atoms with Crippen LogP contribution >= 0.6 is 0 Å². The average Bonchev–Trinajstić information content (AvgIpc) is 3.31. The Bertz CT molecular complexity index is 1120. The van der Waals surface area contributed by atoms with Gasteiger partial charge in [0.05, 0.1) is 16.1 Å². The summed E-state index contributed by atoms with van der Waals surface area (Å²) in [7, 11) is 0. The highest BCUT2D eigenvalue weighted by Gasteiger charge is 2.16. The second kappa shape index (κ2) is 8.12. The summed E-state index contributed by atoms with van der Waals surface area (Å²) in [5.74, 6) is 0.198. The van der Waals surface area contributed by atoms with Crippen molar-refractivity contribution >= 4 is 23.5 Å². The van der Waals surface area contributed by atoms with Gasteiger partial charge in [0.15, 0.2) is 0 Å². The number of benzene rings is 1. The first-order chi connectivity index (χ1) is 13.8. The summed E-state index contributed by atoms with van der Waals surface area (Å²) < 4.78 is 6.71. The number of nitro benzene ring substituents is 1. The van der Waals surface area contributed by atoms with Gasteiger partial charge in [-0.2, -0.15) is 10.2 Å². The molecule has 0 unspecified atom stereocenters. The van der Waals surface area contributed by atoms with Gasteiger partial charge in [0.25, 0.3) is 11.6 Å². The van der Waals surface area contributed by atoms with Gasteiger partial charge in [-0.15, -0.1) is 0 Å². The molecule has 12 heteroatoms. The fraction of sp³-hybridized carbons (Fsp3) is 0.118. The SMILES string of the molecule is Cc1c(-c2ccc(/C=N/NC(=O)Cn3cc([N+](=O)[O-])cn3)o2)cccc1[N+](=O)[O-]. The molecule has 0 saturated carbocycles. The molecule has 1 aromatic carbocycles. The number of nitro groups is 2. The molecule has 0 spiro atoms. The fourth-order valence-electron chi connectivity index (χ4n) is 2.54. The van der Waals surface area contributed by atoms with Crippen molar-refractivity contribution in [3.8, 4) is 11.3 Å². The first kappa shape index (κ1) is 19.4. The van der Waals surface area contributed by atoms with Gasteiger partial charge < -0.3 is 4.42 Å². The maximum atomic E-state index is 11.8. The number of hydrogen-bond acceptors (Lipinski definition) is 8. The topological polar surface area (TPSA) is 159 Å². The van der Waals surface area contributed by atoms with E-state index in [0.717, 1.165) is 17.1 Å². The Morgan fingerprint density at radius 3 is 2.76 bits per heavy atom. The fourth-order valence-corrected chi connectivity index (χ4v) is 2.54. The molecule has 0 fully saturated rings. The number of carbonyl (C=O) groups excluding carboxylic acids is 1. The van der Waals surface area contributed by atoms with Crippen molar-refractivity contribution in [3.63, 3.8) is 0 Å². The van der Waals surface area contributed by atoms with E-state index in [4.69, 9.17) is 4.42 Å². The molecular formula is C17H14N6O6. The van der Waals surface area contributed by atoms with Crippen LogP contribution in [0.1, 0.15) is 11.3 Å². The minimum atomic E-state index is -0.614. The van der Waals surface area contributed by atoms with Crippen LogP contribution in [0.3, 0.4) is 0 Å². The molecule has 12 nitrogen and oxygen atoms in total. The molecule has 2 heterocycles. The van der Waals surface area contributed by atoms with E-state index in [1.807, 2.05) is 0 Å². The van der Waals surface area contributed by atoms with E-state index in [-0.39, 0.29) is 17.9 Å². The number of rotatable bonds is 7. The lowest BCUT2D eigenvalue weighted by atomic mass is 10.1. The molecule has 0 aliphatic rings. The van der Waals surface area contributed by atoms with Crippen LogP contribution < -0.4 is 5.43 Å². The summed E-state index contributed by atoms with van der Waals surface area (Å²) in [4.78, 5) is 32.4. The molecule has 2 aromatic heterocycles. The number of aromatic nitrogens is 2. The molecule has 1 N–H and O–H groups in total. The standard InChI is InChI=1S/C17H14N6O6/c1-11-14(3-2-4-15(11)23(27)28)16-6-5-13(29-16)8-18-20-17(24)10-21-9-12(7-19-21)22(25)26/h2-9H,10H2,1H3,(H,20,24)/b18-8+. The van der Waals surface area contributed by atoms with Gasteiger partial charge in [-0.05, 0) is 19.1 Å². The van der Waals surface area contributed by atoms with Gasteiger partial charge in [0, 0.05) is 17.2 Å². The zero-order valence-corrected chi connectivity index (χ0v) is 15.0. The van der Waals surface area contributed by atoms with Gasteiger partial charge in [-0.1, -0.05) is 12.1 Å².